The first kappa shape index (κ1) is 19.8. The fourth-order valence-corrected chi connectivity index (χ4v) is 3.23. The number of benzene rings is 1. The highest BCUT2D eigenvalue weighted by Gasteiger charge is 2.19. The van der Waals surface area contributed by atoms with Gasteiger partial charge < -0.3 is 14.2 Å². The maximum Gasteiger partial charge on any atom is 0.171 e. The standard InChI is InChI=1S/C20H26F2N2O3/c1-3-17-20(27-16-12-14(21)11-15(22)13-16)18(4-2)24(23-17)8-10-26-19-7-5-6-9-25-19/h11-13,19H,3-10H2,1-2H3. The lowest BCUT2D eigenvalue weighted by molar-refractivity contribution is -0.163. The monoisotopic (exact) mass is 380 g/mol. The highest BCUT2D eigenvalue weighted by Crippen LogP contribution is 2.31. The van der Waals surface area contributed by atoms with Crippen molar-refractivity contribution >= 4 is 0 Å². The van der Waals surface area contributed by atoms with E-state index in [2.05, 4.69) is 5.10 Å². The molecule has 2 heterocycles. The van der Waals surface area contributed by atoms with Crippen molar-refractivity contribution < 1.29 is 23.0 Å². The first-order valence-electron chi connectivity index (χ1n) is 9.56. The Balaban J connectivity index is 1.73. The number of ether oxygens (including phenoxy) is 3. The highest BCUT2D eigenvalue weighted by atomic mass is 19.1. The lowest BCUT2D eigenvalue weighted by Gasteiger charge is -2.22. The largest absolute Gasteiger partial charge is 0.453 e. The number of nitrogens with zero attached hydrogens (tertiary/aromatic N) is 2. The molecule has 3 rings (SSSR count). The van der Waals surface area contributed by atoms with Gasteiger partial charge in [0.05, 0.1) is 18.8 Å². The molecule has 2 aromatic rings. The van der Waals surface area contributed by atoms with Crippen molar-refractivity contribution in [3.63, 3.8) is 0 Å². The van der Waals surface area contributed by atoms with E-state index in [9.17, 15) is 8.78 Å². The molecule has 0 spiro atoms. The van der Waals surface area contributed by atoms with E-state index < -0.39 is 11.6 Å². The first-order chi connectivity index (χ1) is 13.1. The van der Waals surface area contributed by atoms with Gasteiger partial charge in [-0.1, -0.05) is 13.8 Å². The van der Waals surface area contributed by atoms with Gasteiger partial charge in [-0.2, -0.15) is 5.10 Å². The zero-order valence-corrected chi connectivity index (χ0v) is 15.8. The number of aryl methyl sites for hydroxylation is 1. The van der Waals surface area contributed by atoms with Crippen LogP contribution < -0.4 is 4.74 Å². The van der Waals surface area contributed by atoms with Crippen LogP contribution in [0.4, 0.5) is 8.78 Å². The van der Waals surface area contributed by atoms with Gasteiger partial charge >= 0.3 is 0 Å². The van der Waals surface area contributed by atoms with Crippen molar-refractivity contribution in [2.45, 2.75) is 58.8 Å². The Bertz CT molecular complexity index is 738. The summed E-state index contributed by atoms with van der Waals surface area (Å²) in [6.07, 6.45) is 4.31. The Labute approximate surface area is 158 Å². The van der Waals surface area contributed by atoms with Gasteiger partial charge in [0.2, 0.25) is 0 Å². The van der Waals surface area contributed by atoms with Gasteiger partial charge in [-0.15, -0.1) is 0 Å². The van der Waals surface area contributed by atoms with Crippen molar-refractivity contribution in [3.8, 4) is 11.5 Å². The summed E-state index contributed by atoms with van der Waals surface area (Å²) in [4.78, 5) is 0. The Morgan fingerprint density at radius 2 is 1.93 bits per heavy atom. The summed E-state index contributed by atoms with van der Waals surface area (Å²) in [7, 11) is 0. The minimum absolute atomic E-state index is 0.128. The predicted octanol–water partition coefficient (Wildman–Crippen LogP) is 4.62. The molecule has 1 aliphatic rings. The van der Waals surface area contributed by atoms with Gasteiger partial charge in [0.1, 0.15) is 23.1 Å². The number of halogens is 2. The molecule has 1 atom stereocenters. The molecular formula is C20H26F2N2O3. The summed E-state index contributed by atoms with van der Waals surface area (Å²) in [6, 6.07) is 3.16. The van der Waals surface area contributed by atoms with Crippen LogP contribution >= 0.6 is 0 Å². The van der Waals surface area contributed by atoms with Crippen LogP contribution in [0.5, 0.6) is 11.5 Å². The quantitative estimate of drug-likeness (QED) is 0.670. The number of aromatic nitrogens is 2. The lowest BCUT2D eigenvalue weighted by atomic mass is 10.2. The fraction of sp³-hybridized carbons (Fsp3) is 0.550. The van der Waals surface area contributed by atoms with E-state index in [1.54, 1.807) is 0 Å². The SMILES string of the molecule is CCc1nn(CCOC2CCCCO2)c(CC)c1Oc1cc(F)cc(F)c1. The smallest absolute Gasteiger partial charge is 0.171 e. The molecule has 1 aromatic carbocycles. The number of hydrogen-bond donors (Lipinski definition) is 0. The third kappa shape index (κ3) is 5.05. The Morgan fingerprint density at radius 1 is 1.15 bits per heavy atom. The van der Waals surface area contributed by atoms with Gasteiger partial charge in [0.25, 0.3) is 0 Å². The van der Waals surface area contributed by atoms with E-state index in [1.165, 1.54) is 12.1 Å². The van der Waals surface area contributed by atoms with E-state index in [0.717, 1.165) is 43.3 Å². The van der Waals surface area contributed by atoms with Crippen LogP contribution in [-0.4, -0.2) is 29.3 Å². The first-order valence-corrected chi connectivity index (χ1v) is 9.56. The van der Waals surface area contributed by atoms with Crippen LogP contribution in [0.25, 0.3) is 0 Å². The second kappa shape index (κ2) is 9.28. The second-order valence-corrected chi connectivity index (χ2v) is 6.53. The molecule has 27 heavy (non-hydrogen) atoms. The summed E-state index contributed by atoms with van der Waals surface area (Å²) in [6.45, 7) is 5.76. The van der Waals surface area contributed by atoms with E-state index in [4.69, 9.17) is 14.2 Å². The van der Waals surface area contributed by atoms with Gasteiger partial charge in [-0.05, 0) is 32.1 Å². The van der Waals surface area contributed by atoms with Crippen LogP contribution in [0.3, 0.4) is 0 Å². The van der Waals surface area contributed by atoms with Crippen molar-refractivity contribution in [1.29, 1.82) is 0 Å². The summed E-state index contributed by atoms with van der Waals surface area (Å²) in [5.41, 5.74) is 1.63. The molecule has 1 saturated heterocycles. The Morgan fingerprint density at radius 3 is 2.56 bits per heavy atom. The van der Waals surface area contributed by atoms with Crippen LogP contribution in [0, 0.1) is 11.6 Å². The Hall–Kier alpha value is -1.99. The molecule has 0 aliphatic carbocycles. The summed E-state index contributed by atoms with van der Waals surface area (Å²) >= 11 is 0. The zero-order valence-electron chi connectivity index (χ0n) is 15.8. The van der Waals surface area contributed by atoms with Crippen LogP contribution in [0.1, 0.15) is 44.5 Å². The fourth-order valence-electron chi connectivity index (χ4n) is 3.23. The van der Waals surface area contributed by atoms with E-state index in [0.29, 0.717) is 31.7 Å². The summed E-state index contributed by atoms with van der Waals surface area (Å²) < 4.78 is 46.0. The third-order valence-electron chi connectivity index (χ3n) is 4.55. The van der Waals surface area contributed by atoms with Crippen molar-refractivity contribution in [1.82, 2.24) is 9.78 Å². The molecule has 1 aliphatic heterocycles. The van der Waals surface area contributed by atoms with Crippen molar-refractivity contribution in [2.75, 3.05) is 13.2 Å². The topological polar surface area (TPSA) is 45.5 Å². The van der Waals surface area contributed by atoms with Crippen LogP contribution in [0.2, 0.25) is 0 Å². The minimum atomic E-state index is -0.672. The zero-order chi connectivity index (χ0) is 19.2. The number of hydrogen-bond acceptors (Lipinski definition) is 4. The highest BCUT2D eigenvalue weighted by molar-refractivity contribution is 5.39. The van der Waals surface area contributed by atoms with Crippen molar-refractivity contribution in [3.05, 3.63) is 41.2 Å². The average Bonchev–Trinajstić information content (AvgIpc) is 2.98. The van der Waals surface area contributed by atoms with Gasteiger partial charge in [0.15, 0.2) is 12.0 Å². The molecule has 0 radical (unpaired) electrons. The predicted molar refractivity (Wildman–Crippen MR) is 97.0 cm³/mol. The second-order valence-electron chi connectivity index (χ2n) is 6.53. The molecule has 0 amide bonds. The Kier molecular flexibility index (Phi) is 6.79. The van der Waals surface area contributed by atoms with Crippen LogP contribution in [-0.2, 0) is 28.9 Å². The summed E-state index contributed by atoms with van der Waals surface area (Å²) in [5.74, 6) is -0.647. The molecule has 0 saturated carbocycles. The van der Waals surface area contributed by atoms with Gasteiger partial charge in [0, 0.05) is 24.8 Å². The molecule has 1 aromatic heterocycles. The molecule has 1 unspecified atom stereocenters. The van der Waals surface area contributed by atoms with Gasteiger partial charge in [-0.3, -0.25) is 4.68 Å². The average molecular weight is 380 g/mol. The molecular weight excluding hydrogens is 354 g/mol. The molecule has 0 bridgehead atoms. The summed E-state index contributed by atoms with van der Waals surface area (Å²) in [5, 5.41) is 4.61. The number of rotatable bonds is 8. The van der Waals surface area contributed by atoms with Crippen molar-refractivity contribution in [2.24, 2.45) is 0 Å². The maximum absolute atomic E-state index is 13.5. The molecule has 148 valence electrons. The van der Waals surface area contributed by atoms with Crippen LogP contribution in [0.15, 0.2) is 18.2 Å². The molecule has 5 nitrogen and oxygen atoms in total. The van der Waals surface area contributed by atoms with E-state index >= 15 is 0 Å². The van der Waals surface area contributed by atoms with E-state index in [1.807, 2.05) is 18.5 Å². The van der Waals surface area contributed by atoms with E-state index in [-0.39, 0.29) is 12.0 Å². The maximum atomic E-state index is 13.5. The minimum Gasteiger partial charge on any atom is -0.453 e. The van der Waals surface area contributed by atoms with Gasteiger partial charge in [-0.25, -0.2) is 8.78 Å². The molecule has 1 fully saturated rings. The normalized spacial score (nSPS) is 17.3. The molecule has 0 N–H and O–H groups in total. The third-order valence-corrected chi connectivity index (χ3v) is 4.55. The molecule has 7 heteroatoms. The lowest BCUT2D eigenvalue weighted by Crippen LogP contribution is -2.24.